The minimum absolute atomic E-state index is 0.0190. The fourth-order valence-electron chi connectivity index (χ4n) is 3.76. The Morgan fingerprint density at radius 1 is 1.32 bits per heavy atom. The van der Waals surface area contributed by atoms with Crippen molar-refractivity contribution in [2.75, 3.05) is 38.0 Å². The minimum atomic E-state index is -4.63. The number of hydrogen-bond acceptors (Lipinski definition) is 8. The lowest BCUT2D eigenvalue weighted by molar-refractivity contribution is -0.137. The van der Waals surface area contributed by atoms with E-state index in [2.05, 4.69) is 20.4 Å². The van der Waals surface area contributed by atoms with E-state index in [0.717, 1.165) is 19.3 Å². The van der Waals surface area contributed by atoms with Crippen LogP contribution in [-0.2, 0) is 15.7 Å². The van der Waals surface area contributed by atoms with Crippen molar-refractivity contribution in [3.05, 3.63) is 17.5 Å². The third kappa shape index (κ3) is 4.40. The first kappa shape index (κ1) is 21.6. The highest BCUT2D eigenvalue weighted by Crippen LogP contribution is 2.41. The number of nitrogens with two attached hydrogens (primary N) is 1. The van der Waals surface area contributed by atoms with E-state index in [1.807, 2.05) is 6.92 Å². The molecule has 3 N–H and O–H groups in total. The quantitative estimate of drug-likeness (QED) is 0.673. The number of alkyl halides is 3. The number of hydrogen-bond donors (Lipinski definition) is 2. The summed E-state index contributed by atoms with van der Waals surface area (Å²) in [7, 11) is 1.64. The summed E-state index contributed by atoms with van der Waals surface area (Å²) in [5.74, 6) is 0.493. The van der Waals surface area contributed by atoms with Gasteiger partial charge in [0.1, 0.15) is 17.1 Å². The van der Waals surface area contributed by atoms with Gasteiger partial charge in [0, 0.05) is 25.8 Å². The van der Waals surface area contributed by atoms with Gasteiger partial charge in [0.25, 0.3) is 0 Å². The second-order valence-electron chi connectivity index (χ2n) is 7.78. The Hall–Kier alpha value is -2.60. The number of nitrogens with one attached hydrogen (secondary N) is 1. The summed E-state index contributed by atoms with van der Waals surface area (Å²) in [6.07, 6.45) is -1.34. The highest BCUT2D eigenvalue weighted by Gasteiger charge is 2.37. The molecule has 1 saturated carbocycles. The number of rotatable bonds is 7. The molecule has 0 spiro atoms. The lowest BCUT2D eigenvalue weighted by Gasteiger charge is -2.36. The maximum atomic E-state index is 13.0. The molecule has 1 saturated heterocycles. The van der Waals surface area contributed by atoms with E-state index in [1.165, 1.54) is 0 Å². The van der Waals surface area contributed by atoms with Crippen LogP contribution >= 0.6 is 0 Å². The van der Waals surface area contributed by atoms with Crippen molar-refractivity contribution in [2.45, 2.75) is 44.5 Å². The summed E-state index contributed by atoms with van der Waals surface area (Å²) in [6, 6.07) is -0.0369. The molecule has 2 aromatic heterocycles. The molecule has 2 aliphatic rings. The SMILES string of the molecule is COC1CCC1n1nc(C)c(OC[C@H]2CCOC2)c1Nc1ncc(C(F)(F)F)c(N)n1. The first-order valence-corrected chi connectivity index (χ1v) is 10.1. The van der Waals surface area contributed by atoms with Gasteiger partial charge in [0.05, 0.1) is 25.4 Å². The van der Waals surface area contributed by atoms with Gasteiger partial charge >= 0.3 is 6.18 Å². The van der Waals surface area contributed by atoms with Crippen LogP contribution in [-0.4, -0.2) is 52.8 Å². The van der Waals surface area contributed by atoms with Crippen LogP contribution in [0.5, 0.6) is 5.75 Å². The van der Waals surface area contributed by atoms with Gasteiger partial charge < -0.3 is 25.3 Å². The van der Waals surface area contributed by atoms with Gasteiger partial charge in [-0.2, -0.15) is 23.3 Å². The van der Waals surface area contributed by atoms with Crippen molar-refractivity contribution < 1.29 is 27.4 Å². The van der Waals surface area contributed by atoms with Crippen molar-refractivity contribution in [1.82, 2.24) is 19.7 Å². The molecule has 2 unspecified atom stereocenters. The number of anilines is 3. The molecule has 3 atom stereocenters. The number of ether oxygens (including phenoxy) is 3. The van der Waals surface area contributed by atoms with Crippen LogP contribution < -0.4 is 15.8 Å². The van der Waals surface area contributed by atoms with Crippen molar-refractivity contribution >= 4 is 17.6 Å². The molecule has 9 nitrogen and oxygen atoms in total. The third-order valence-electron chi connectivity index (χ3n) is 5.66. The predicted molar refractivity (Wildman–Crippen MR) is 105 cm³/mol. The molecule has 4 rings (SSSR count). The fraction of sp³-hybridized carbons (Fsp3) is 0.632. The lowest BCUT2D eigenvalue weighted by atomic mass is 9.89. The second-order valence-corrected chi connectivity index (χ2v) is 7.78. The van der Waals surface area contributed by atoms with E-state index in [0.29, 0.717) is 43.3 Å². The Bertz CT molecular complexity index is 927. The summed E-state index contributed by atoms with van der Waals surface area (Å²) in [4.78, 5) is 7.60. The van der Waals surface area contributed by atoms with E-state index < -0.39 is 17.6 Å². The summed E-state index contributed by atoms with van der Waals surface area (Å²) in [5, 5.41) is 7.57. The molecule has 0 bridgehead atoms. The van der Waals surface area contributed by atoms with Gasteiger partial charge in [0.2, 0.25) is 5.95 Å². The monoisotopic (exact) mass is 442 g/mol. The van der Waals surface area contributed by atoms with Gasteiger partial charge in [-0.05, 0) is 26.2 Å². The minimum Gasteiger partial charge on any atom is -0.487 e. The maximum Gasteiger partial charge on any atom is 0.421 e. The molecule has 2 aromatic rings. The Morgan fingerprint density at radius 3 is 2.71 bits per heavy atom. The van der Waals surface area contributed by atoms with Gasteiger partial charge in [-0.3, -0.25) is 0 Å². The predicted octanol–water partition coefficient (Wildman–Crippen LogP) is 3.09. The molecule has 3 heterocycles. The van der Waals surface area contributed by atoms with Gasteiger partial charge in [-0.1, -0.05) is 0 Å². The van der Waals surface area contributed by atoms with Crippen LogP contribution in [0.2, 0.25) is 0 Å². The van der Waals surface area contributed by atoms with Crippen LogP contribution in [0.3, 0.4) is 0 Å². The fourth-order valence-corrected chi connectivity index (χ4v) is 3.76. The molecular weight excluding hydrogens is 417 g/mol. The summed E-state index contributed by atoms with van der Waals surface area (Å²) in [5.41, 5.74) is 5.08. The zero-order valence-corrected chi connectivity index (χ0v) is 17.3. The van der Waals surface area contributed by atoms with Gasteiger partial charge in [-0.25, -0.2) is 9.67 Å². The summed E-state index contributed by atoms with van der Waals surface area (Å²) < 4.78 is 57.7. The Balaban J connectivity index is 1.64. The molecule has 1 aliphatic carbocycles. The highest BCUT2D eigenvalue weighted by molar-refractivity contribution is 5.61. The summed E-state index contributed by atoms with van der Waals surface area (Å²) in [6.45, 7) is 3.58. The van der Waals surface area contributed by atoms with Crippen molar-refractivity contribution in [2.24, 2.45) is 5.92 Å². The van der Waals surface area contributed by atoms with Crippen LogP contribution in [0.25, 0.3) is 0 Å². The van der Waals surface area contributed by atoms with Crippen LogP contribution in [0.1, 0.15) is 36.6 Å². The Labute approximate surface area is 177 Å². The Kier molecular flexibility index (Phi) is 5.93. The number of aromatic nitrogens is 4. The molecule has 12 heteroatoms. The molecule has 170 valence electrons. The van der Waals surface area contributed by atoms with E-state index >= 15 is 0 Å². The maximum absolute atomic E-state index is 13.0. The molecule has 2 fully saturated rings. The van der Waals surface area contributed by atoms with Crippen LogP contribution in [0.4, 0.5) is 30.8 Å². The van der Waals surface area contributed by atoms with Crippen LogP contribution in [0.15, 0.2) is 6.20 Å². The molecule has 0 radical (unpaired) electrons. The van der Waals surface area contributed by atoms with Crippen molar-refractivity contribution in [3.8, 4) is 5.75 Å². The highest BCUT2D eigenvalue weighted by atomic mass is 19.4. The number of halogens is 3. The lowest BCUT2D eigenvalue weighted by Crippen LogP contribution is -2.36. The smallest absolute Gasteiger partial charge is 0.421 e. The average molecular weight is 442 g/mol. The van der Waals surface area contributed by atoms with E-state index in [4.69, 9.17) is 19.9 Å². The second kappa shape index (κ2) is 8.50. The molecule has 0 aromatic carbocycles. The van der Waals surface area contributed by atoms with E-state index in [9.17, 15) is 13.2 Å². The largest absolute Gasteiger partial charge is 0.487 e. The normalized spacial score (nSPS) is 23.6. The molecule has 31 heavy (non-hydrogen) atoms. The van der Waals surface area contributed by atoms with Crippen molar-refractivity contribution in [3.63, 3.8) is 0 Å². The zero-order valence-electron chi connectivity index (χ0n) is 17.3. The van der Waals surface area contributed by atoms with Gasteiger partial charge in [0.15, 0.2) is 11.6 Å². The number of aryl methyl sites for hydroxylation is 1. The molecular formula is C19H25F3N6O3. The molecule has 0 amide bonds. The number of nitrogen functional groups attached to an aromatic ring is 1. The zero-order chi connectivity index (χ0) is 22.2. The number of nitrogens with zero attached hydrogens (tertiary/aromatic N) is 4. The van der Waals surface area contributed by atoms with E-state index in [-0.39, 0.29) is 24.0 Å². The first-order valence-electron chi connectivity index (χ1n) is 10.1. The number of methoxy groups -OCH3 is 1. The standard InChI is InChI=1S/C19H25F3N6O3/c1-10-15(31-9-11-5-6-30-8-11)17(28(27-10)13-3-4-14(13)29-2)26-18-24-7-12(16(23)25-18)19(20,21)22/h7,11,13-14H,3-6,8-9H2,1-2H3,(H3,23,24,25,26)/t11-,13?,14?/m0/s1. The first-order chi connectivity index (χ1) is 14.8. The van der Waals surface area contributed by atoms with E-state index in [1.54, 1.807) is 11.8 Å². The summed E-state index contributed by atoms with van der Waals surface area (Å²) >= 11 is 0. The van der Waals surface area contributed by atoms with Gasteiger partial charge in [-0.15, -0.1) is 0 Å². The topological polar surface area (TPSA) is 109 Å². The Morgan fingerprint density at radius 2 is 2.13 bits per heavy atom. The van der Waals surface area contributed by atoms with Crippen molar-refractivity contribution in [1.29, 1.82) is 0 Å². The average Bonchev–Trinajstić information content (AvgIpc) is 3.28. The van der Waals surface area contributed by atoms with Crippen LogP contribution in [0, 0.1) is 12.8 Å². The third-order valence-corrected chi connectivity index (χ3v) is 5.66. The molecule has 1 aliphatic heterocycles.